The fourth-order valence-electron chi connectivity index (χ4n) is 2.02. The molecule has 0 aromatic heterocycles. The summed E-state index contributed by atoms with van der Waals surface area (Å²) >= 11 is 3.46. The molecule has 20 heavy (non-hydrogen) atoms. The van der Waals surface area contributed by atoms with Gasteiger partial charge in [-0.15, -0.1) is 0 Å². The quantitative estimate of drug-likeness (QED) is 0.680. The third-order valence-corrected chi connectivity index (χ3v) is 4.10. The van der Waals surface area contributed by atoms with Gasteiger partial charge in [0.05, 0.1) is 4.92 Å². The van der Waals surface area contributed by atoms with Crippen molar-refractivity contribution < 1.29 is 4.92 Å². The first-order valence-corrected chi connectivity index (χ1v) is 7.01. The maximum atomic E-state index is 10.6. The molecule has 104 valence electrons. The van der Waals surface area contributed by atoms with Crippen LogP contribution in [0.4, 0.5) is 5.69 Å². The van der Waals surface area contributed by atoms with E-state index in [-0.39, 0.29) is 11.7 Å². The fourth-order valence-corrected chi connectivity index (χ4v) is 2.27. The largest absolute Gasteiger partial charge is 0.324 e. The number of nitrogens with zero attached hydrogens (tertiary/aromatic N) is 1. The minimum Gasteiger partial charge on any atom is -0.324 e. The van der Waals surface area contributed by atoms with Gasteiger partial charge in [0.25, 0.3) is 5.69 Å². The molecule has 0 amide bonds. The number of non-ortho nitro benzene ring substituents is 1. The highest BCUT2D eigenvalue weighted by atomic mass is 79.9. The molecule has 0 fully saturated rings. The van der Waals surface area contributed by atoms with Gasteiger partial charge in [-0.05, 0) is 36.1 Å². The molecule has 0 aliphatic rings. The van der Waals surface area contributed by atoms with Gasteiger partial charge in [0.1, 0.15) is 0 Å². The first-order chi connectivity index (χ1) is 9.47. The Morgan fingerprint density at radius 2 is 1.90 bits per heavy atom. The van der Waals surface area contributed by atoms with Gasteiger partial charge in [0.2, 0.25) is 0 Å². The number of halogens is 1. The minimum atomic E-state index is -0.401. The van der Waals surface area contributed by atoms with Crippen LogP contribution in [0.1, 0.15) is 22.7 Å². The number of hydrogen-bond donors (Lipinski definition) is 1. The van der Waals surface area contributed by atoms with Crippen LogP contribution in [0.15, 0.2) is 46.9 Å². The van der Waals surface area contributed by atoms with Crippen LogP contribution < -0.4 is 5.73 Å². The summed E-state index contributed by atoms with van der Waals surface area (Å²) in [5.74, 6) is 0. The third kappa shape index (κ3) is 3.43. The zero-order valence-corrected chi connectivity index (χ0v) is 12.6. The molecule has 1 atom stereocenters. The molecule has 5 heteroatoms. The highest BCUT2D eigenvalue weighted by Gasteiger charge is 2.10. The van der Waals surface area contributed by atoms with E-state index in [2.05, 4.69) is 22.0 Å². The second kappa shape index (κ2) is 6.15. The van der Waals surface area contributed by atoms with E-state index in [4.69, 9.17) is 5.73 Å². The van der Waals surface area contributed by atoms with Crippen LogP contribution >= 0.6 is 15.9 Å². The van der Waals surface area contributed by atoms with E-state index in [0.717, 1.165) is 21.2 Å². The Kier molecular flexibility index (Phi) is 4.52. The van der Waals surface area contributed by atoms with Crippen LogP contribution in [0.2, 0.25) is 0 Å². The summed E-state index contributed by atoms with van der Waals surface area (Å²) in [4.78, 5) is 10.2. The second-order valence-corrected chi connectivity index (χ2v) is 5.60. The van der Waals surface area contributed by atoms with Crippen LogP contribution in [0.25, 0.3) is 0 Å². The van der Waals surface area contributed by atoms with Gasteiger partial charge < -0.3 is 5.73 Å². The monoisotopic (exact) mass is 334 g/mol. The van der Waals surface area contributed by atoms with Crippen LogP contribution in [-0.4, -0.2) is 4.92 Å². The lowest BCUT2D eigenvalue weighted by molar-refractivity contribution is -0.384. The highest BCUT2D eigenvalue weighted by Crippen LogP contribution is 2.23. The maximum Gasteiger partial charge on any atom is 0.269 e. The Hall–Kier alpha value is -1.72. The molecule has 0 saturated carbocycles. The first kappa shape index (κ1) is 14.7. The number of hydrogen-bond acceptors (Lipinski definition) is 3. The van der Waals surface area contributed by atoms with Crippen molar-refractivity contribution in [2.45, 2.75) is 19.4 Å². The SMILES string of the molecule is Cc1cc(C(N)Cc2ccc([N+](=O)[O-])cc2)ccc1Br. The summed E-state index contributed by atoms with van der Waals surface area (Å²) in [6, 6.07) is 12.4. The van der Waals surface area contributed by atoms with Crippen molar-refractivity contribution in [2.75, 3.05) is 0 Å². The summed E-state index contributed by atoms with van der Waals surface area (Å²) in [6.07, 6.45) is 0.652. The number of rotatable bonds is 4. The average molecular weight is 335 g/mol. The molecular formula is C15H15BrN2O2. The summed E-state index contributed by atoms with van der Waals surface area (Å²) in [5.41, 5.74) is 9.48. The highest BCUT2D eigenvalue weighted by molar-refractivity contribution is 9.10. The molecule has 2 rings (SSSR count). The molecule has 0 radical (unpaired) electrons. The van der Waals surface area contributed by atoms with E-state index >= 15 is 0 Å². The predicted molar refractivity (Wildman–Crippen MR) is 82.6 cm³/mol. The molecule has 2 N–H and O–H groups in total. The zero-order chi connectivity index (χ0) is 14.7. The normalized spacial score (nSPS) is 12.2. The molecule has 0 saturated heterocycles. The molecular weight excluding hydrogens is 320 g/mol. The molecule has 0 aliphatic heterocycles. The maximum absolute atomic E-state index is 10.6. The summed E-state index contributed by atoms with van der Waals surface area (Å²) < 4.78 is 1.06. The zero-order valence-electron chi connectivity index (χ0n) is 11.0. The smallest absolute Gasteiger partial charge is 0.269 e. The number of nitrogens with two attached hydrogens (primary N) is 1. The average Bonchev–Trinajstić information content (AvgIpc) is 2.42. The number of benzene rings is 2. The van der Waals surface area contributed by atoms with E-state index in [1.165, 1.54) is 12.1 Å². The number of nitro benzene ring substituents is 1. The standard InChI is InChI=1S/C15H15BrN2O2/c1-10-8-12(4-7-14(10)16)15(17)9-11-2-5-13(6-3-11)18(19)20/h2-8,15H,9,17H2,1H3. The molecule has 0 aliphatic carbocycles. The van der Waals surface area contributed by atoms with Crippen molar-refractivity contribution in [3.63, 3.8) is 0 Å². The van der Waals surface area contributed by atoms with Crippen LogP contribution in [-0.2, 0) is 6.42 Å². The molecule has 4 nitrogen and oxygen atoms in total. The summed E-state index contributed by atoms with van der Waals surface area (Å²) in [6.45, 7) is 2.02. The lowest BCUT2D eigenvalue weighted by Gasteiger charge is -2.13. The van der Waals surface area contributed by atoms with Gasteiger partial charge in [-0.25, -0.2) is 0 Å². The molecule has 2 aromatic carbocycles. The first-order valence-electron chi connectivity index (χ1n) is 6.22. The molecule has 0 spiro atoms. The molecule has 0 heterocycles. The van der Waals surface area contributed by atoms with Crippen molar-refractivity contribution in [2.24, 2.45) is 5.73 Å². The molecule has 2 aromatic rings. The van der Waals surface area contributed by atoms with Gasteiger partial charge in [-0.3, -0.25) is 10.1 Å². The Labute approximate surface area is 125 Å². The van der Waals surface area contributed by atoms with E-state index in [1.54, 1.807) is 12.1 Å². The molecule has 0 bridgehead atoms. The van der Waals surface area contributed by atoms with E-state index in [9.17, 15) is 10.1 Å². The predicted octanol–water partition coefficient (Wildman–Crippen LogP) is 3.91. The van der Waals surface area contributed by atoms with Crippen molar-refractivity contribution in [3.05, 3.63) is 73.7 Å². The van der Waals surface area contributed by atoms with E-state index < -0.39 is 4.92 Å². The third-order valence-electron chi connectivity index (χ3n) is 3.21. The van der Waals surface area contributed by atoms with Gasteiger partial charge in [0.15, 0.2) is 0 Å². The number of nitro groups is 1. The van der Waals surface area contributed by atoms with Crippen molar-refractivity contribution in [3.8, 4) is 0 Å². The second-order valence-electron chi connectivity index (χ2n) is 4.74. The van der Waals surface area contributed by atoms with Crippen LogP contribution in [0.3, 0.4) is 0 Å². The number of aryl methyl sites for hydroxylation is 1. The van der Waals surface area contributed by atoms with Crippen molar-refractivity contribution >= 4 is 21.6 Å². The lowest BCUT2D eigenvalue weighted by atomic mass is 9.98. The Morgan fingerprint density at radius 1 is 1.25 bits per heavy atom. The van der Waals surface area contributed by atoms with Gasteiger partial charge in [-0.1, -0.05) is 40.2 Å². The Balaban J connectivity index is 2.12. The van der Waals surface area contributed by atoms with E-state index in [0.29, 0.717) is 6.42 Å². The van der Waals surface area contributed by atoms with E-state index in [1.807, 2.05) is 19.1 Å². The van der Waals surface area contributed by atoms with Crippen molar-refractivity contribution in [1.29, 1.82) is 0 Å². The Morgan fingerprint density at radius 3 is 2.45 bits per heavy atom. The topological polar surface area (TPSA) is 69.2 Å². The Bertz CT molecular complexity index is 626. The summed E-state index contributed by atoms with van der Waals surface area (Å²) in [5, 5.41) is 10.6. The lowest BCUT2D eigenvalue weighted by Crippen LogP contribution is -2.13. The van der Waals surface area contributed by atoms with Gasteiger partial charge in [0, 0.05) is 22.6 Å². The van der Waals surface area contributed by atoms with Gasteiger partial charge in [-0.2, -0.15) is 0 Å². The van der Waals surface area contributed by atoms with Crippen LogP contribution in [0, 0.1) is 17.0 Å². The van der Waals surface area contributed by atoms with Gasteiger partial charge >= 0.3 is 0 Å². The minimum absolute atomic E-state index is 0.0989. The molecule has 1 unspecified atom stereocenters. The summed E-state index contributed by atoms with van der Waals surface area (Å²) in [7, 11) is 0. The fraction of sp³-hybridized carbons (Fsp3) is 0.200. The van der Waals surface area contributed by atoms with Crippen molar-refractivity contribution in [1.82, 2.24) is 0 Å². The van der Waals surface area contributed by atoms with Crippen LogP contribution in [0.5, 0.6) is 0 Å².